The number of carbonyl (C=O) groups is 2. The Morgan fingerprint density at radius 2 is 1.76 bits per heavy atom. The van der Waals surface area contributed by atoms with Crippen LogP contribution in [0.15, 0.2) is 78.5 Å². The smallest absolute Gasteiger partial charge is 0.316 e. The van der Waals surface area contributed by atoms with E-state index in [0.717, 1.165) is 11.3 Å². The Hall–Kier alpha value is -3.39. The normalized spacial score (nSPS) is 10.3. The van der Waals surface area contributed by atoms with E-state index < -0.39 is 5.97 Å². The van der Waals surface area contributed by atoms with Gasteiger partial charge in [-0.05, 0) is 12.1 Å². The molecule has 0 fully saturated rings. The van der Waals surface area contributed by atoms with Crippen molar-refractivity contribution in [1.82, 2.24) is 20.1 Å². The summed E-state index contributed by atoms with van der Waals surface area (Å²) < 4.78 is 6.89. The number of para-hydroxylation sites is 1. The summed E-state index contributed by atoms with van der Waals surface area (Å²) in [7, 11) is 0. The summed E-state index contributed by atoms with van der Waals surface area (Å²) in [5.41, 5.74) is 1.80. The molecule has 0 saturated heterocycles. The highest BCUT2D eigenvalue weighted by molar-refractivity contribution is 7.99. The summed E-state index contributed by atoms with van der Waals surface area (Å²) in [6.07, 6.45) is 1.55. The van der Waals surface area contributed by atoms with Gasteiger partial charge in [0, 0.05) is 17.8 Å². The van der Waals surface area contributed by atoms with Gasteiger partial charge in [-0.15, -0.1) is 16.8 Å². The van der Waals surface area contributed by atoms with E-state index >= 15 is 0 Å². The number of esters is 1. The molecule has 148 valence electrons. The Morgan fingerprint density at radius 3 is 2.45 bits per heavy atom. The van der Waals surface area contributed by atoms with Gasteiger partial charge in [0.2, 0.25) is 0 Å². The predicted octanol–water partition coefficient (Wildman–Crippen LogP) is 2.87. The first kappa shape index (κ1) is 20.3. The highest BCUT2D eigenvalue weighted by atomic mass is 32.2. The Kier molecular flexibility index (Phi) is 7.18. The lowest BCUT2D eigenvalue weighted by atomic mass is 10.2. The molecular formula is C21H20N4O3S. The number of amides is 1. The number of thioether (sulfide) groups is 1. The van der Waals surface area contributed by atoms with Gasteiger partial charge in [-0.2, -0.15) is 0 Å². The summed E-state index contributed by atoms with van der Waals surface area (Å²) in [5.74, 6) is -0.194. The second kappa shape index (κ2) is 10.2. The van der Waals surface area contributed by atoms with Gasteiger partial charge in [0.05, 0.1) is 5.75 Å². The molecule has 3 aromatic rings. The number of nitrogens with one attached hydrogen (secondary N) is 1. The van der Waals surface area contributed by atoms with Gasteiger partial charge in [-0.1, -0.05) is 66.4 Å². The summed E-state index contributed by atoms with van der Waals surface area (Å²) in [6, 6.07) is 19.4. The lowest BCUT2D eigenvalue weighted by Crippen LogP contribution is -2.29. The van der Waals surface area contributed by atoms with Crippen molar-refractivity contribution < 1.29 is 14.3 Å². The first-order chi connectivity index (χ1) is 14.2. The SMILES string of the molecule is C=CCNC(=O)COC(=O)CSc1nnc(-c2ccccc2)n1-c1ccccc1. The van der Waals surface area contributed by atoms with E-state index in [1.807, 2.05) is 65.2 Å². The Labute approximate surface area is 172 Å². The number of nitrogens with zero attached hydrogens (tertiary/aromatic N) is 3. The van der Waals surface area contributed by atoms with E-state index in [-0.39, 0.29) is 18.3 Å². The van der Waals surface area contributed by atoms with E-state index in [1.54, 1.807) is 6.08 Å². The van der Waals surface area contributed by atoms with Gasteiger partial charge >= 0.3 is 5.97 Å². The van der Waals surface area contributed by atoms with Crippen molar-refractivity contribution in [1.29, 1.82) is 0 Å². The third-order valence-corrected chi connectivity index (χ3v) is 4.71. The molecule has 2 aromatic carbocycles. The standard InChI is InChI=1S/C21H20N4O3S/c1-2-13-22-18(26)14-28-19(27)15-29-21-24-23-20(16-9-5-3-6-10-16)25(21)17-11-7-4-8-12-17/h2-12H,1,13-15H2,(H,22,26). The molecule has 0 bridgehead atoms. The van der Waals surface area contributed by atoms with Crippen LogP contribution in [0.1, 0.15) is 0 Å². The van der Waals surface area contributed by atoms with Crippen LogP contribution in [-0.2, 0) is 14.3 Å². The molecule has 0 aliphatic heterocycles. The topological polar surface area (TPSA) is 86.1 Å². The molecule has 0 unspecified atom stereocenters. The average Bonchev–Trinajstić information content (AvgIpc) is 3.20. The fourth-order valence-electron chi connectivity index (χ4n) is 2.50. The second-order valence-electron chi connectivity index (χ2n) is 5.89. The summed E-state index contributed by atoms with van der Waals surface area (Å²) >= 11 is 1.20. The fraction of sp³-hybridized carbons (Fsp3) is 0.143. The zero-order valence-corrected chi connectivity index (χ0v) is 16.5. The highest BCUT2D eigenvalue weighted by Gasteiger charge is 2.17. The minimum Gasteiger partial charge on any atom is -0.455 e. The molecule has 8 heteroatoms. The molecular weight excluding hydrogens is 388 g/mol. The molecule has 29 heavy (non-hydrogen) atoms. The van der Waals surface area contributed by atoms with Gasteiger partial charge in [0.25, 0.3) is 5.91 Å². The Balaban J connectivity index is 1.73. The van der Waals surface area contributed by atoms with E-state index in [4.69, 9.17) is 4.74 Å². The quantitative estimate of drug-likeness (QED) is 0.333. The molecule has 1 heterocycles. The molecule has 0 atom stereocenters. The number of ether oxygens (including phenoxy) is 1. The van der Waals surface area contributed by atoms with Crippen molar-refractivity contribution in [3.63, 3.8) is 0 Å². The highest BCUT2D eigenvalue weighted by Crippen LogP contribution is 2.27. The minimum absolute atomic E-state index is 0.00843. The number of hydrogen-bond acceptors (Lipinski definition) is 6. The predicted molar refractivity (Wildman–Crippen MR) is 112 cm³/mol. The van der Waals surface area contributed by atoms with Crippen molar-refractivity contribution >= 4 is 23.6 Å². The molecule has 0 saturated carbocycles. The lowest BCUT2D eigenvalue weighted by Gasteiger charge is -2.10. The van der Waals surface area contributed by atoms with Crippen LogP contribution < -0.4 is 5.32 Å². The summed E-state index contributed by atoms with van der Waals surface area (Å²) in [6.45, 7) is 3.51. The first-order valence-electron chi connectivity index (χ1n) is 8.91. The molecule has 3 rings (SSSR count). The van der Waals surface area contributed by atoms with Crippen LogP contribution in [0.2, 0.25) is 0 Å². The molecule has 0 aliphatic rings. The maximum absolute atomic E-state index is 12.0. The molecule has 1 aromatic heterocycles. The van der Waals surface area contributed by atoms with Crippen molar-refractivity contribution in [3.8, 4) is 17.1 Å². The molecule has 1 amide bonds. The molecule has 7 nitrogen and oxygen atoms in total. The molecule has 1 N–H and O–H groups in total. The first-order valence-corrected chi connectivity index (χ1v) is 9.90. The summed E-state index contributed by atoms with van der Waals surface area (Å²) in [5, 5.41) is 11.7. The van der Waals surface area contributed by atoms with Crippen molar-refractivity contribution in [2.75, 3.05) is 18.9 Å². The summed E-state index contributed by atoms with van der Waals surface area (Å²) in [4.78, 5) is 23.5. The second-order valence-corrected chi connectivity index (χ2v) is 6.83. The molecule has 0 spiro atoms. The van der Waals surface area contributed by atoms with Crippen LogP contribution in [0.3, 0.4) is 0 Å². The Bertz CT molecular complexity index is 974. The van der Waals surface area contributed by atoms with E-state index in [9.17, 15) is 9.59 Å². The van der Waals surface area contributed by atoms with E-state index in [0.29, 0.717) is 17.5 Å². The number of benzene rings is 2. The fourth-order valence-corrected chi connectivity index (χ4v) is 3.25. The minimum atomic E-state index is -0.507. The van der Waals surface area contributed by atoms with Crippen LogP contribution in [-0.4, -0.2) is 45.5 Å². The van der Waals surface area contributed by atoms with Gasteiger partial charge in [0.15, 0.2) is 17.6 Å². The lowest BCUT2D eigenvalue weighted by molar-refractivity contribution is -0.145. The van der Waals surface area contributed by atoms with Crippen molar-refractivity contribution in [2.24, 2.45) is 0 Å². The Morgan fingerprint density at radius 1 is 1.07 bits per heavy atom. The van der Waals surface area contributed by atoms with Gasteiger partial charge in [0.1, 0.15) is 0 Å². The van der Waals surface area contributed by atoms with Crippen LogP contribution in [0.25, 0.3) is 17.1 Å². The molecule has 0 aliphatic carbocycles. The largest absolute Gasteiger partial charge is 0.455 e. The van der Waals surface area contributed by atoms with E-state index in [2.05, 4.69) is 22.1 Å². The van der Waals surface area contributed by atoms with Crippen LogP contribution in [0.4, 0.5) is 0 Å². The van der Waals surface area contributed by atoms with Gasteiger partial charge in [-0.3, -0.25) is 14.2 Å². The van der Waals surface area contributed by atoms with Crippen molar-refractivity contribution in [3.05, 3.63) is 73.3 Å². The van der Waals surface area contributed by atoms with Gasteiger partial charge < -0.3 is 10.1 Å². The third-order valence-electron chi connectivity index (χ3n) is 3.81. The van der Waals surface area contributed by atoms with Crippen molar-refractivity contribution in [2.45, 2.75) is 5.16 Å². The number of aromatic nitrogens is 3. The van der Waals surface area contributed by atoms with Crippen LogP contribution >= 0.6 is 11.8 Å². The number of rotatable bonds is 9. The van der Waals surface area contributed by atoms with Crippen LogP contribution in [0.5, 0.6) is 0 Å². The van der Waals surface area contributed by atoms with Gasteiger partial charge in [-0.25, -0.2) is 0 Å². The third kappa shape index (κ3) is 5.55. The maximum atomic E-state index is 12.0. The number of hydrogen-bond donors (Lipinski definition) is 1. The number of carbonyl (C=O) groups excluding carboxylic acids is 2. The zero-order chi connectivity index (χ0) is 20.5. The maximum Gasteiger partial charge on any atom is 0.316 e. The monoisotopic (exact) mass is 408 g/mol. The molecule has 0 radical (unpaired) electrons. The van der Waals surface area contributed by atoms with E-state index in [1.165, 1.54) is 11.8 Å². The average molecular weight is 408 g/mol. The van der Waals surface area contributed by atoms with Crippen LogP contribution in [0, 0.1) is 0 Å². The zero-order valence-electron chi connectivity index (χ0n) is 15.7.